The molecule has 82 valence electrons. The molecule has 0 saturated carbocycles. The van der Waals surface area contributed by atoms with Gasteiger partial charge in [-0.3, -0.25) is 0 Å². The summed E-state index contributed by atoms with van der Waals surface area (Å²) in [7, 11) is 0. The molecule has 0 atom stereocenters. The number of carboxylic acids is 1. The summed E-state index contributed by atoms with van der Waals surface area (Å²) >= 11 is 0. The van der Waals surface area contributed by atoms with Crippen LogP contribution in [0.5, 0.6) is 0 Å². The molecule has 0 aliphatic heterocycles. The number of benzene rings is 1. The van der Waals surface area contributed by atoms with Gasteiger partial charge in [-0.1, -0.05) is 24.3 Å². The lowest BCUT2D eigenvalue weighted by Gasteiger charge is -2.09. The Kier molecular flexibility index (Phi) is 2.68. The van der Waals surface area contributed by atoms with Gasteiger partial charge in [-0.15, -0.1) is 5.10 Å². The molecule has 0 aliphatic carbocycles. The molecule has 16 heavy (non-hydrogen) atoms. The van der Waals surface area contributed by atoms with Gasteiger partial charge in [0.25, 0.3) is 0 Å². The number of aromatic nitrogens is 3. The predicted octanol–water partition coefficient (Wildman–Crippen LogP) is 1.53. The van der Waals surface area contributed by atoms with Crippen LogP contribution in [0.1, 0.15) is 22.8 Å². The van der Waals surface area contributed by atoms with Gasteiger partial charge in [-0.25, -0.2) is 9.48 Å². The average molecular weight is 217 g/mol. The molecule has 2 aromatic rings. The molecule has 0 spiro atoms. The minimum Gasteiger partial charge on any atom is -0.478 e. The van der Waals surface area contributed by atoms with E-state index in [-0.39, 0.29) is 5.56 Å². The fraction of sp³-hybridized carbons (Fsp3) is 0.182. The SMILES string of the molecule is CCc1cccc(-n2ccnn2)c1C(=O)O. The van der Waals surface area contributed by atoms with Crippen LogP contribution < -0.4 is 0 Å². The van der Waals surface area contributed by atoms with Gasteiger partial charge in [0, 0.05) is 0 Å². The Morgan fingerprint density at radius 2 is 2.31 bits per heavy atom. The number of rotatable bonds is 3. The van der Waals surface area contributed by atoms with E-state index in [1.54, 1.807) is 12.3 Å². The van der Waals surface area contributed by atoms with Crippen LogP contribution in [-0.4, -0.2) is 26.1 Å². The number of nitrogens with zero attached hydrogens (tertiary/aromatic N) is 3. The zero-order valence-corrected chi connectivity index (χ0v) is 8.79. The Labute approximate surface area is 92.3 Å². The standard InChI is InChI=1S/C11H11N3O2/c1-2-8-4-3-5-9(10(8)11(15)16)14-7-6-12-13-14/h3-7H,2H2,1H3,(H,15,16). The zero-order valence-electron chi connectivity index (χ0n) is 8.79. The van der Waals surface area contributed by atoms with Crippen LogP contribution in [0.2, 0.25) is 0 Å². The van der Waals surface area contributed by atoms with E-state index in [2.05, 4.69) is 10.3 Å². The Hall–Kier alpha value is -2.17. The molecule has 1 N–H and O–H groups in total. The van der Waals surface area contributed by atoms with E-state index < -0.39 is 5.97 Å². The number of carboxylic acid groups (broad SMARTS) is 1. The number of hydrogen-bond donors (Lipinski definition) is 1. The normalized spacial score (nSPS) is 10.3. The molecule has 2 rings (SSSR count). The van der Waals surface area contributed by atoms with E-state index in [0.29, 0.717) is 12.1 Å². The highest BCUT2D eigenvalue weighted by Crippen LogP contribution is 2.18. The third kappa shape index (κ3) is 1.67. The summed E-state index contributed by atoms with van der Waals surface area (Å²) in [5.41, 5.74) is 1.63. The van der Waals surface area contributed by atoms with Crippen molar-refractivity contribution in [3.05, 3.63) is 41.7 Å². The van der Waals surface area contributed by atoms with Crippen LogP contribution in [0.4, 0.5) is 0 Å². The first kappa shape index (κ1) is 10.4. The van der Waals surface area contributed by atoms with E-state index >= 15 is 0 Å². The molecule has 1 aromatic heterocycles. The molecule has 0 radical (unpaired) electrons. The van der Waals surface area contributed by atoms with E-state index in [1.807, 2.05) is 19.1 Å². The molecule has 0 aliphatic rings. The monoisotopic (exact) mass is 217 g/mol. The summed E-state index contributed by atoms with van der Waals surface area (Å²) in [6, 6.07) is 5.35. The summed E-state index contributed by atoms with van der Waals surface area (Å²) in [6.45, 7) is 1.92. The lowest BCUT2D eigenvalue weighted by atomic mass is 10.0. The fourth-order valence-corrected chi connectivity index (χ4v) is 1.66. The lowest BCUT2D eigenvalue weighted by molar-refractivity contribution is 0.0695. The molecule has 0 bridgehead atoms. The van der Waals surface area contributed by atoms with E-state index in [0.717, 1.165) is 5.56 Å². The Morgan fingerprint density at radius 3 is 2.88 bits per heavy atom. The highest BCUT2D eigenvalue weighted by molar-refractivity contribution is 5.93. The third-order valence-electron chi connectivity index (χ3n) is 2.39. The van der Waals surface area contributed by atoms with Crippen LogP contribution in [0.15, 0.2) is 30.6 Å². The minimum absolute atomic E-state index is 0.288. The third-order valence-corrected chi connectivity index (χ3v) is 2.39. The fourth-order valence-electron chi connectivity index (χ4n) is 1.66. The molecule has 5 nitrogen and oxygen atoms in total. The highest BCUT2D eigenvalue weighted by Gasteiger charge is 2.15. The van der Waals surface area contributed by atoms with Crippen LogP contribution in [0, 0.1) is 0 Å². The summed E-state index contributed by atoms with van der Waals surface area (Å²) in [5, 5.41) is 16.7. The number of aromatic carboxylic acids is 1. The molecule has 0 fully saturated rings. The van der Waals surface area contributed by atoms with E-state index in [1.165, 1.54) is 10.9 Å². The van der Waals surface area contributed by atoms with Gasteiger partial charge in [0.1, 0.15) is 0 Å². The van der Waals surface area contributed by atoms with Crippen LogP contribution in [0.3, 0.4) is 0 Å². The first-order valence-electron chi connectivity index (χ1n) is 4.96. The topological polar surface area (TPSA) is 68.0 Å². The predicted molar refractivity (Wildman–Crippen MR) is 57.7 cm³/mol. The molecular weight excluding hydrogens is 206 g/mol. The first-order chi connectivity index (χ1) is 7.74. The number of carbonyl (C=O) groups is 1. The van der Waals surface area contributed by atoms with Gasteiger partial charge in [-0.2, -0.15) is 0 Å². The number of hydrogen-bond acceptors (Lipinski definition) is 3. The van der Waals surface area contributed by atoms with Crippen molar-refractivity contribution < 1.29 is 9.90 Å². The summed E-state index contributed by atoms with van der Waals surface area (Å²) in [6.07, 6.45) is 3.82. The van der Waals surface area contributed by atoms with Gasteiger partial charge in [0.05, 0.1) is 23.6 Å². The Morgan fingerprint density at radius 1 is 1.50 bits per heavy atom. The van der Waals surface area contributed by atoms with Gasteiger partial charge < -0.3 is 5.11 Å². The van der Waals surface area contributed by atoms with Crippen LogP contribution in [0.25, 0.3) is 5.69 Å². The van der Waals surface area contributed by atoms with Crippen molar-refractivity contribution in [2.45, 2.75) is 13.3 Å². The zero-order chi connectivity index (χ0) is 11.5. The van der Waals surface area contributed by atoms with Crippen molar-refractivity contribution in [3.63, 3.8) is 0 Å². The van der Waals surface area contributed by atoms with Crippen molar-refractivity contribution in [2.24, 2.45) is 0 Å². The first-order valence-corrected chi connectivity index (χ1v) is 4.96. The molecule has 1 aromatic carbocycles. The number of aryl methyl sites for hydroxylation is 1. The second-order valence-corrected chi connectivity index (χ2v) is 3.32. The van der Waals surface area contributed by atoms with Crippen LogP contribution >= 0.6 is 0 Å². The maximum Gasteiger partial charge on any atom is 0.338 e. The molecule has 1 heterocycles. The van der Waals surface area contributed by atoms with Crippen molar-refractivity contribution in [1.82, 2.24) is 15.0 Å². The molecule has 0 saturated heterocycles. The van der Waals surface area contributed by atoms with Crippen molar-refractivity contribution >= 4 is 5.97 Å². The van der Waals surface area contributed by atoms with Crippen molar-refractivity contribution in [3.8, 4) is 5.69 Å². The van der Waals surface area contributed by atoms with Gasteiger partial charge in [-0.05, 0) is 18.1 Å². The van der Waals surface area contributed by atoms with Crippen LogP contribution in [-0.2, 0) is 6.42 Å². The summed E-state index contributed by atoms with van der Waals surface area (Å²) in [4.78, 5) is 11.2. The van der Waals surface area contributed by atoms with E-state index in [9.17, 15) is 9.90 Å². The molecule has 5 heteroatoms. The smallest absolute Gasteiger partial charge is 0.338 e. The van der Waals surface area contributed by atoms with Crippen molar-refractivity contribution in [2.75, 3.05) is 0 Å². The molecule has 0 amide bonds. The Balaban J connectivity index is 2.65. The maximum absolute atomic E-state index is 11.2. The highest BCUT2D eigenvalue weighted by atomic mass is 16.4. The lowest BCUT2D eigenvalue weighted by Crippen LogP contribution is -2.09. The van der Waals surface area contributed by atoms with Gasteiger partial charge >= 0.3 is 5.97 Å². The largest absolute Gasteiger partial charge is 0.478 e. The molecule has 0 unspecified atom stereocenters. The summed E-state index contributed by atoms with van der Waals surface area (Å²) < 4.78 is 1.46. The van der Waals surface area contributed by atoms with Gasteiger partial charge in [0.2, 0.25) is 0 Å². The van der Waals surface area contributed by atoms with Crippen molar-refractivity contribution in [1.29, 1.82) is 0 Å². The molecular formula is C11H11N3O2. The maximum atomic E-state index is 11.2. The van der Waals surface area contributed by atoms with E-state index in [4.69, 9.17) is 0 Å². The quantitative estimate of drug-likeness (QED) is 0.846. The average Bonchev–Trinajstić information content (AvgIpc) is 2.81. The summed E-state index contributed by atoms with van der Waals surface area (Å²) in [5.74, 6) is -0.942. The minimum atomic E-state index is -0.942. The second-order valence-electron chi connectivity index (χ2n) is 3.32. The second kappa shape index (κ2) is 4.14. The van der Waals surface area contributed by atoms with Gasteiger partial charge in [0.15, 0.2) is 0 Å². The Bertz CT molecular complexity index is 506.